The summed E-state index contributed by atoms with van der Waals surface area (Å²) in [6.45, 7) is 0.435. The second kappa shape index (κ2) is 8.44. The van der Waals surface area contributed by atoms with E-state index in [4.69, 9.17) is 14.2 Å². The maximum atomic E-state index is 10.3. The monoisotopic (exact) mass is 329 g/mol. The van der Waals surface area contributed by atoms with Crippen LogP contribution in [0, 0.1) is 0 Å². The Balaban J connectivity index is 2.03. The molecule has 3 unspecified atom stereocenters. The third-order valence-electron chi connectivity index (χ3n) is 3.56. The first-order chi connectivity index (χ1) is 11.1. The van der Waals surface area contributed by atoms with Gasteiger partial charge in [-0.1, -0.05) is 0 Å². The topological polar surface area (TPSA) is 121 Å². The average molecular weight is 329 g/mol. The molecule has 23 heavy (non-hydrogen) atoms. The van der Waals surface area contributed by atoms with Crippen LogP contribution in [0.5, 0.6) is 11.5 Å². The molecule has 1 aromatic rings. The standard InChI is InChI=1S/C15H23NO7/c1-16-6-7-21-15-13(20)12(19)14(11(8-17)23-15)22-10-4-2-9(18)3-5-10/h2-5,11-20H,6-8H2,1H3/t11?,12?,13?,14-,15-/m0/s1. The molecule has 5 N–H and O–H groups in total. The molecular weight excluding hydrogens is 306 g/mol. The highest BCUT2D eigenvalue weighted by Gasteiger charge is 2.46. The Morgan fingerprint density at radius 1 is 1.17 bits per heavy atom. The van der Waals surface area contributed by atoms with E-state index in [-0.39, 0.29) is 12.4 Å². The summed E-state index contributed by atoms with van der Waals surface area (Å²) < 4.78 is 16.4. The van der Waals surface area contributed by atoms with Gasteiger partial charge in [-0.3, -0.25) is 0 Å². The molecule has 0 aliphatic carbocycles. The first kappa shape index (κ1) is 17.9. The lowest BCUT2D eigenvalue weighted by molar-refractivity contribution is -0.296. The molecule has 1 saturated heterocycles. The first-order valence-corrected chi connectivity index (χ1v) is 7.41. The molecule has 1 aliphatic rings. The number of phenols is 1. The van der Waals surface area contributed by atoms with E-state index in [0.29, 0.717) is 12.3 Å². The van der Waals surface area contributed by atoms with Crippen molar-refractivity contribution in [3.8, 4) is 11.5 Å². The van der Waals surface area contributed by atoms with Crippen LogP contribution < -0.4 is 10.1 Å². The molecule has 0 saturated carbocycles. The van der Waals surface area contributed by atoms with Crippen molar-refractivity contribution in [2.24, 2.45) is 0 Å². The molecule has 8 heteroatoms. The lowest BCUT2D eigenvalue weighted by Gasteiger charge is -2.41. The molecule has 1 aromatic carbocycles. The molecular formula is C15H23NO7. The zero-order chi connectivity index (χ0) is 16.8. The van der Waals surface area contributed by atoms with E-state index in [1.54, 1.807) is 7.05 Å². The van der Waals surface area contributed by atoms with E-state index in [0.717, 1.165) is 0 Å². The number of phenolic OH excluding ortho intramolecular Hbond substituents is 1. The Kier molecular flexibility index (Phi) is 6.58. The fraction of sp³-hybridized carbons (Fsp3) is 0.600. The predicted octanol–water partition coefficient (Wildman–Crippen LogP) is -1.19. The highest BCUT2D eigenvalue weighted by atomic mass is 16.7. The van der Waals surface area contributed by atoms with Gasteiger partial charge in [0, 0.05) is 6.54 Å². The Hall–Kier alpha value is -1.42. The molecule has 1 fully saturated rings. The van der Waals surface area contributed by atoms with Crippen molar-refractivity contribution in [1.82, 2.24) is 5.32 Å². The summed E-state index contributed by atoms with van der Waals surface area (Å²) in [6, 6.07) is 5.88. The summed E-state index contributed by atoms with van der Waals surface area (Å²) in [6.07, 6.45) is -5.48. The largest absolute Gasteiger partial charge is 0.508 e. The summed E-state index contributed by atoms with van der Waals surface area (Å²) in [5, 5.41) is 42.0. The Bertz CT molecular complexity index is 467. The summed E-state index contributed by atoms with van der Waals surface area (Å²) in [5.41, 5.74) is 0. The van der Waals surface area contributed by atoms with Crippen LogP contribution in [-0.2, 0) is 9.47 Å². The van der Waals surface area contributed by atoms with Crippen LogP contribution in [-0.4, -0.2) is 77.9 Å². The van der Waals surface area contributed by atoms with Gasteiger partial charge in [0.25, 0.3) is 0 Å². The fourth-order valence-corrected chi connectivity index (χ4v) is 2.29. The molecule has 0 amide bonds. The van der Waals surface area contributed by atoms with Gasteiger partial charge < -0.3 is 40.0 Å². The summed E-state index contributed by atoms with van der Waals surface area (Å²) in [7, 11) is 1.76. The van der Waals surface area contributed by atoms with E-state index < -0.39 is 37.3 Å². The number of aliphatic hydroxyl groups excluding tert-OH is 3. The van der Waals surface area contributed by atoms with E-state index >= 15 is 0 Å². The molecule has 5 atom stereocenters. The van der Waals surface area contributed by atoms with Gasteiger partial charge in [0.2, 0.25) is 0 Å². The molecule has 1 aliphatic heterocycles. The van der Waals surface area contributed by atoms with Gasteiger partial charge >= 0.3 is 0 Å². The zero-order valence-corrected chi connectivity index (χ0v) is 12.8. The predicted molar refractivity (Wildman–Crippen MR) is 80.2 cm³/mol. The molecule has 0 radical (unpaired) electrons. The van der Waals surface area contributed by atoms with Gasteiger partial charge in [-0.05, 0) is 31.3 Å². The number of hydrogen-bond acceptors (Lipinski definition) is 8. The van der Waals surface area contributed by atoms with Gasteiger partial charge in [0.1, 0.15) is 29.8 Å². The van der Waals surface area contributed by atoms with Crippen molar-refractivity contribution in [3.63, 3.8) is 0 Å². The van der Waals surface area contributed by atoms with Crippen LogP contribution in [0.2, 0.25) is 0 Å². The maximum Gasteiger partial charge on any atom is 0.186 e. The summed E-state index contributed by atoms with van der Waals surface area (Å²) in [4.78, 5) is 0. The molecule has 0 bridgehead atoms. The number of hydrogen-bond donors (Lipinski definition) is 5. The van der Waals surface area contributed by atoms with Gasteiger partial charge in [-0.25, -0.2) is 0 Å². The third kappa shape index (κ3) is 4.54. The average Bonchev–Trinajstić information content (AvgIpc) is 2.56. The SMILES string of the molecule is CNCCO[C@H]1OC(CO)[C@H](Oc2ccc(O)cc2)C(O)C1O. The van der Waals surface area contributed by atoms with Crippen LogP contribution in [0.1, 0.15) is 0 Å². The molecule has 0 aromatic heterocycles. The summed E-state index contributed by atoms with van der Waals surface area (Å²) in [5.74, 6) is 0.449. The van der Waals surface area contributed by atoms with Crippen molar-refractivity contribution in [1.29, 1.82) is 0 Å². The van der Waals surface area contributed by atoms with Crippen LogP contribution >= 0.6 is 0 Å². The van der Waals surface area contributed by atoms with E-state index in [1.807, 2.05) is 0 Å². The molecule has 8 nitrogen and oxygen atoms in total. The number of ether oxygens (including phenoxy) is 3. The minimum Gasteiger partial charge on any atom is -0.508 e. The van der Waals surface area contributed by atoms with Gasteiger partial charge in [-0.2, -0.15) is 0 Å². The number of rotatable bonds is 7. The fourth-order valence-electron chi connectivity index (χ4n) is 2.29. The second-order valence-corrected chi connectivity index (χ2v) is 5.26. The Morgan fingerprint density at radius 2 is 1.87 bits per heavy atom. The van der Waals surface area contributed by atoms with Crippen molar-refractivity contribution in [3.05, 3.63) is 24.3 Å². The normalized spacial score (nSPS) is 31.0. The number of aromatic hydroxyl groups is 1. The van der Waals surface area contributed by atoms with Crippen molar-refractivity contribution >= 4 is 0 Å². The van der Waals surface area contributed by atoms with Crippen molar-refractivity contribution < 1.29 is 34.6 Å². The maximum absolute atomic E-state index is 10.3. The molecule has 1 heterocycles. The molecule has 2 rings (SSSR count). The quantitative estimate of drug-likeness (QED) is 0.396. The number of nitrogens with one attached hydrogen (secondary N) is 1. The smallest absolute Gasteiger partial charge is 0.186 e. The van der Waals surface area contributed by atoms with Crippen LogP contribution in [0.25, 0.3) is 0 Å². The minimum atomic E-state index is -1.31. The highest BCUT2D eigenvalue weighted by Crippen LogP contribution is 2.27. The van der Waals surface area contributed by atoms with Gasteiger partial charge in [0.05, 0.1) is 13.2 Å². The lowest BCUT2D eigenvalue weighted by Crippen LogP contribution is -2.61. The van der Waals surface area contributed by atoms with Crippen LogP contribution in [0.4, 0.5) is 0 Å². The van der Waals surface area contributed by atoms with Gasteiger partial charge in [-0.15, -0.1) is 0 Å². The van der Waals surface area contributed by atoms with E-state index in [2.05, 4.69) is 5.32 Å². The molecule has 130 valence electrons. The van der Waals surface area contributed by atoms with E-state index in [9.17, 15) is 20.4 Å². The summed E-state index contributed by atoms with van der Waals surface area (Å²) >= 11 is 0. The first-order valence-electron chi connectivity index (χ1n) is 7.41. The Labute approximate surface area is 134 Å². The second-order valence-electron chi connectivity index (χ2n) is 5.26. The number of likely N-dealkylation sites (N-methyl/N-ethyl adjacent to an activating group) is 1. The highest BCUT2D eigenvalue weighted by molar-refractivity contribution is 5.30. The van der Waals surface area contributed by atoms with E-state index in [1.165, 1.54) is 24.3 Å². The lowest BCUT2D eigenvalue weighted by atomic mass is 9.99. The Morgan fingerprint density at radius 3 is 2.48 bits per heavy atom. The van der Waals surface area contributed by atoms with Crippen LogP contribution in [0.15, 0.2) is 24.3 Å². The third-order valence-corrected chi connectivity index (χ3v) is 3.56. The zero-order valence-electron chi connectivity index (χ0n) is 12.8. The minimum absolute atomic E-state index is 0.0783. The van der Waals surface area contributed by atoms with Crippen molar-refractivity contribution in [2.45, 2.75) is 30.7 Å². The van der Waals surface area contributed by atoms with Crippen molar-refractivity contribution in [2.75, 3.05) is 26.8 Å². The molecule has 0 spiro atoms. The number of aliphatic hydroxyl groups is 3. The van der Waals surface area contributed by atoms with Crippen LogP contribution in [0.3, 0.4) is 0 Å². The number of benzene rings is 1. The van der Waals surface area contributed by atoms with Gasteiger partial charge in [0.15, 0.2) is 12.4 Å².